The van der Waals surface area contributed by atoms with Gasteiger partial charge in [-0.05, 0) is 26.0 Å². The van der Waals surface area contributed by atoms with E-state index in [-0.39, 0.29) is 18.1 Å². The number of hydrogen-bond acceptors (Lipinski definition) is 5. The predicted molar refractivity (Wildman–Crippen MR) is 98.2 cm³/mol. The molecule has 1 amide bonds. The van der Waals surface area contributed by atoms with Crippen LogP contribution >= 0.6 is 0 Å². The van der Waals surface area contributed by atoms with Gasteiger partial charge in [0, 0.05) is 39.3 Å². The highest BCUT2D eigenvalue weighted by Gasteiger charge is 2.27. The molecule has 6 heteroatoms. The van der Waals surface area contributed by atoms with Gasteiger partial charge in [0.25, 0.3) is 0 Å². The maximum atomic E-state index is 12.6. The SMILES string of the molecule is COc1ccccc1N1CCN(C(=O)CN2C[C@@H](C)O[C@H](C)C2)CC1. The Morgan fingerprint density at radius 3 is 2.40 bits per heavy atom. The summed E-state index contributed by atoms with van der Waals surface area (Å²) in [5, 5.41) is 0. The predicted octanol–water partition coefficient (Wildman–Crippen LogP) is 1.45. The minimum atomic E-state index is 0.193. The minimum Gasteiger partial charge on any atom is -0.495 e. The highest BCUT2D eigenvalue weighted by molar-refractivity contribution is 5.78. The Balaban J connectivity index is 1.52. The molecule has 2 atom stereocenters. The fourth-order valence-corrected chi connectivity index (χ4v) is 3.79. The second kappa shape index (κ2) is 8.06. The number of nitrogens with zero attached hydrogens (tertiary/aromatic N) is 3. The first-order chi connectivity index (χ1) is 12.1. The highest BCUT2D eigenvalue weighted by Crippen LogP contribution is 2.28. The van der Waals surface area contributed by atoms with Gasteiger partial charge in [-0.2, -0.15) is 0 Å². The van der Waals surface area contributed by atoms with Crippen LogP contribution in [0.15, 0.2) is 24.3 Å². The molecule has 0 N–H and O–H groups in total. The molecule has 0 spiro atoms. The molecular formula is C19H29N3O3. The lowest BCUT2D eigenvalue weighted by atomic mass is 10.2. The van der Waals surface area contributed by atoms with Crippen LogP contribution in [0, 0.1) is 0 Å². The van der Waals surface area contributed by atoms with Crippen LogP contribution in [-0.2, 0) is 9.53 Å². The Kier molecular flexibility index (Phi) is 5.81. The van der Waals surface area contributed by atoms with Crippen molar-refractivity contribution in [2.75, 3.05) is 57.8 Å². The van der Waals surface area contributed by atoms with Crippen LogP contribution in [-0.4, -0.2) is 80.8 Å². The number of carbonyl (C=O) groups excluding carboxylic acids is 1. The summed E-state index contributed by atoms with van der Waals surface area (Å²) >= 11 is 0. The van der Waals surface area contributed by atoms with Gasteiger partial charge in [-0.15, -0.1) is 0 Å². The van der Waals surface area contributed by atoms with Crippen LogP contribution in [0.5, 0.6) is 5.75 Å². The first kappa shape index (κ1) is 18.0. The average molecular weight is 347 g/mol. The molecule has 0 unspecified atom stereocenters. The molecule has 2 heterocycles. The number of rotatable bonds is 4. The van der Waals surface area contributed by atoms with Crippen LogP contribution in [0.1, 0.15) is 13.8 Å². The lowest BCUT2D eigenvalue weighted by Crippen LogP contribution is -2.54. The molecule has 0 saturated carbocycles. The molecule has 3 rings (SSSR count). The van der Waals surface area contributed by atoms with Crippen LogP contribution in [0.3, 0.4) is 0 Å². The maximum Gasteiger partial charge on any atom is 0.236 e. The molecule has 0 radical (unpaired) electrons. The van der Waals surface area contributed by atoms with E-state index in [2.05, 4.69) is 29.7 Å². The van der Waals surface area contributed by atoms with E-state index in [4.69, 9.17) is 9.47 Å². The lowest BCUT2D eigenvalue weighted by Gasteiger charge is -2.39. The summed E-state index contributed by atoms with van der Waals surface area (Å²) in [6, 6.07) is 8.06. The Bertz CT molecular complexity index is 577. The van der Waals surface area contributed by atoms with Crippen molar-refractivity contribution in [2.24, 2.45) is 0 Å². The number of carbonyl (C=O) groups is 1. The number of morpholine rings is 1. The third-order valence-corrected chi connectivity index (χ3v) is 4.91. The zero-order valence-corrected chi connectivity index (χ0v) is 15.5. The number of ether oxygens (including phenoxy) is 2. The molecule has 2 fully saturated rings. The van der Waals surface area contributed by atoms with Gasteiger partial charge in [-0.25, -0.2) is 0 Å². The molecule has 0 aliphatic carbocycles. The van der Waals surface area contributed by atoms with E-state index in [9.17, 15) is 4.79 Å². The number of anilines is 1. The molecule has 2 aliphatic rings. The molecule has 1 aromatic rings. The maximum absolute atomic E-state index is 12.6. The number of benzene rings is 1. The Labute approximate surface area is 150 Å². The summed E-state index contributed by atoms with van der Waals surface area (Å²) in [4.78, 5) is 19.1. The van der Waals surface area contributed by atoms with Crippen molar-refractivity contribution in [2.45, 2.75) is 26.1 Å². The van der Waals surface area contributed by atoms with Crippen molar-refractivity contribution in [1.82, 2.24) is 9.80 Å². The first-order valence-corrected chi connectivity index (χ1v) is 9.10. The van der Waals surface area contributed by atoms with E-state index in [1.165, 1.54) is 0 Å². The molecular weight excluding hydrogens is 318 g/mol. The number of methoxy groups -OCH3 is 1. The van der Waals surface area contributed by atoms with Crippen LogP contribution in [0.2, 0.25) is 0 Å². The zero-order valence-electron chi connectivity index (χ0n) is 15.5. The summed E-state index contributed by atoms with van der Waals surface area (Å²) in [6.07, 6.45) is 0.387. The van der Waals surface area contributed by atoms with Crippen molar-refractivity contribution in [3.05, 3.63) is 24.3 Å². The molecule has 1 aromatic carbocycles. The highest BCUT2D eigenvalue weighted by atomic mass is 16.5. The van der Waals surface area contributed by atoms with Crippen molar-refractivity contribution in [1.29, 1.82) is 0 Å². The van der Waals surface area contributed by atoms with Crippen molar-refractivity contribution in [3.8, 4) is 5.75 Å². The zero-order chi connectivity index (χ0) is 17.8. The average Bonchev–Trinajstić information content (AvgIpc) is 2.61. The summed E-state index contributed by atoms with van der Waals surface area (Å²) in [7, 11) is 1.70. The molecule has 6 nitrogen and oxygen atoms in total. The van der Waals surface area contributed by atoms with E-state index >= 15 is 0 Å². The normalized spacial score (nSPS) is 25.1. The van der Waals surface area contributed by atoms with Crippen LogP contribution in [0.4, 0.5) is 5.69 Å². The molecule has 2 aliphatic heterocycles. The lowest BCUT2D eigenvalue weighted by molar-refractivity contribution is -0.136. The van der Waals surface area contributed by atoms with E-state index in [1.54, 1.807) is 7.11 Å². The summed E-state index contributed by atoms with van der Waals surface area (Å²) in [5.74, 6) is 1.11. The van der Waals surface area contributed by atoms with Gasteiger partial charge in [0.2, 0.25) is 5.91 Å². The third-order valence-electron chi connectivity index (χ3n) is 4.91. The third kappa shape index (κ3) is 4.44. The summed E-state index contributed by atoms with van der Waals surface area (Å²) in [6.45, 7) is 9.47. The molecule has 25 heavy (non-hydrogen) atoms. The van der Waals surface area contributed by atoms with Gasteiger partial charge in [0.05, 0.1) is 31.5 Å². The van der Waals surface area contributed by atoms with Gasteiger partial charge < -0.3 is 19.3 Å². The van der Waals surface area contributed by atoms with E-state index in [0.717, 1.165) is 50.7 Å². The van der Waals surface area contributed by atoms with E-state index < -0.39 is 0 Å². The quantitative estimate of drug-likeness (QED) is 0.825. The van der Waals surface area contributed by atoms with Crippen molar-refractivity contribution >= 4 is 11.6 Å². The van der Waals surface area contributed by atoms with Crippen LogP contribution < -0.4 is 9.64 Å². The van der Waals surface area contributed by atoms with Gasteiger partial charge in [-0.1, -0.05) is 12.1 Å². The molecule has 138 valence electrons. The Hall–Kier alpha value is -1.79. The van der Waals surface area contributed by atoms with E-state index in [1.807, 2.05) is 23.1 Å². The minimum absolute atomic E-state index is 0.193. The van der Waals surface area contributed by atoms with Crippen molar-refractivity contribution < 1.29 is 14.3 Å². The fourth-order valence-electron chi connectivity index (χ4n) is 3.79. The van der Waals surface area contributed by atoms with Crippen LogP contribution in [0.25, 0.3) is 0 Å². The Morgan fingerprint density at radius 2 is 1.76 bits per heavy atom. The van der Waals surface area contributed by atoms with Gasteiger partial charge in [-0.3, -0.25) is 9.69 Å². The standard InChI is InChI=1S/C19H29N3O3/c1-15-12-20(13-16(2)25-15)14-19(23)22-10-8-21(9-11-22)17-6-4-5-7-18(17)24-3/h4-7,15-16H,8-14H2,1-3H3/t15-,16-/m1/s1. The molecule has 0 bridgehead atoms. The molecule has 2 saturated heterocycles. The van der Waals surface area contributed by atoms with Gasteiger partial charge in [0.1, 0.15) is 5.75 Å². The fraction of sp³-hybridized carbons (Fsp3) is 0.632. The number of amides is 1. The van der Waals surface area contributed by atoms with E-state index in [0.29, 0.717) is 6.54 Å². The summed E-state index contributed by atoms with van der Waals surface area (Å²) in [5.41, 5.74) is 1.10. The molecule has 0 aromatic heterocycles. The Morgan fingerprint density at radius 1 is 1.12 bits per heavy atom. The second-order valence-electron chi connectivity index (χ2n) is 6.99. The van der Waals surface area contributed by atoms with Crippen molar-refractivity contribution in [3.63, 3.8) is 0 Å². The topological polar surface area (TPSA) is 45.2 Å². The summed E-state index contributed by atoms with van der Waals surface area (Å²) < 4.78 is 11.2. The number of hydrogen-bond donors (Lipinski definition) is 0. The first-order valence-electron chi connectivity index (χ1n) is 9.10. The van der Waals surface area contributed by atoms with Gasteiger partial charge in [0.15, 0.2) is 0 Å². The number of para-hydroxylation sites is 2. The smallest absolute Gasteiger partial charge is 0.236 e. The number of piperazine rings is 1. The largest absolute Gasteiger partial charge is 0.495 e. The monoisotopic (exact) mass is 347 g/mol. The van der Waals surface area contributed by atoms with Gasteiger partial charge >= 0.3 is 0 Å². The second-order valence-corrected chi connectivity index (χ2v) is 6.99.